The van der Waals surface area contributed by atoms with Crippen LogP contribution in [-0.2, 0) is 6.54 Å². The van der Waals surface area contributed by atoms with Crippen LogP contribution in [0.25, 0.3) is 0 Å². The number of nitrogens with one attached hydrogen (secondary N) is 1. The highest BCUT2D eigenvalue weighted by atomic mass is 35.5. The predicted octanol–water partition coefficient (Wildman–Crippen LogP) is 4.34. The van der Waals surface area contributed by atoms with E-state index in [4.69, 9.17) is 21.1 Å². The van der Waals surface area contributed by atoms with Gasteiger partial charge in [-0.1, -0.05) is 23.7 Å². The van der Waals surface area contributed by atoms with E-state index in [2.05, 4.69) is 37.4 Å². The zero-order valence-corrected chi connectivity index (χ0v) is 13.0. The summed E-state index contributed by atoms with van der Waals surface area (Å²) < 4.78 is 11.1. The summed E-state index contributed by atoms with van der Waals surface area (Å²) in [5.41, 5.74) is 4.76. The van der Waals surface area contributed by atoms with Gasteiger partial charge in [-0.25, -0.2) is 0 Å². The van der Waals surface area contributed by atoms with E-state index in [0.29, 0.717) is 30.5 Å². The van der Waals surface area contributed by atoms with E-state index >= 15 is 0 Å². The van der Waals surface area contributed by atoms with Gasteiger partial charge in [-0.15, -0.1) is 0 Å². The Morgan fingerprint density at radius 1 is 1.14 bits per heavy atom. The molecule has 1 aliphatic heterocycles. The lowest BCUT2D eigenvalue weighted by molar-refractivity contribution is 0.171. The number of aryl methyl sites for hydroxylation is 1. The van der Waals surface area contributed by atoms with Gasteiger partial charge in [-0.2, -0.15) is 0 Å². The number of halogens is 1. The van der Waals surface area contributed by atoms with Gasteiger partial charge in [0.25, 0.3) is 0 Å². The molecule has 3 nitrogen and oxygen atoms in total. The van der Waals surface area contributed by atoms with Crippen LogP contribution in [0.5, 0.6) is 11.5 Å². The van der Waals surface area contributed by atoms with Crippen molar-refractivity contribution in [1.29, 1.82) is 0 Å². The molecule has 0 amide bonds. The van der Waals surface area contributed by atoms with Gasteiger partial charge in [0.15, 0.2) is 11.5 Å². The summed E-state index contributed by atoms with van der Waals surface area (Å²) in [6, 6.07) is 10.2. The van der Waals surface area contributed by atoms with Crippen LogP contribution in [0.4, 0.5) is 5.69 Å². The number of benzene rings is 2. The largest absolute Gasteiger partial charge is 0.486 e. The molecule has 0 fully saturated rings. The normalized spacial score (nSPS) is 13.1. The number of ether oxygens (including phenoxy) is 2. The van der Waals surface area contributed by atoms with E-state index in [-0.39, 0.29) is 0 Å². The Kier molecular flexibility index (Phi) is 3.93. The maximum absolute atomic E-state index is 6.25. The summed E-state index contributed by atoms with van der Waals surface area (Å²) in [5.74, 6) is 1.38. The molecule has 1 N–H and O–H groups in total. The molecule has 0 unspecified atom stereocenters. The Bertz CT molecular complexity index is 670. The average Bonchev–Trinajstić information content (AvgIpc) is 2.49. The summed E-state index contributed by atoms with van der Waals surface area (Å²) in [5, 5.41) is 4.05. The predicted molar refractivity (Wildman–Crippen MR) is 85.7 cm³/mol. The van der Waals surface area contributed by atoms with Crippen molar-refractivity contribution in [3.8, 4) is 11.5 Å². The molecular formula is C17H18ClNO2. The lowest BCUT2D eigenvalue weighted by Gasteiger charge is -2.20. The van der Waals surface area contributed by atoms with Crippen molar-refractivity contribution in [1.82, 2.24) is 0 Å². The third kappa shape index (κ3) is 2.93. The minimum Gasteiger partial charge on any atom is -0.486 e. The Balaban J connectivity index is 1.79. The van der Waals surface area contributed by atoms with Crippen LogP contribution in [0.3, 0.4) is 0 Å². The molecule has 0 radical (unpaired) electrons. The fraction of sp³-hybridized carbons (Fsp3) is 0.294. The maximum atomic E-state index is 6.25. The minimum atomic E-state index is 0.548. The highest BCUT2D eigenvalue weighted by Crippen LogP contribution is 2.38. The van der Waals surface area contributed by atoms with E-state index in [1.165, 1.54) is 11.1 Å². The zero-order valence-electron chi connectivity index (χ0n) is 12.2. The third-order valence-electron chi connectivity index (χ3n) is 3.74. The van der Waals surface area contributed by atoms with Crippen molar-refractivity contribution < 1.29 is 9.47 Å². The quantitative estimate of drug-likeness (QED) is 0.915. The van der Waals surface area contributed by atoms with Crippen LogP contribution in [-0.4, -0.2) is 13.2 Å². The molecule has 0 bridgehead atoms. The lowest BCUT2D eigenvalue weighted by atomic mass is 10.1. The van der Waals surface area contributed by atoms with Crippen LogP contribution < -0.4 is 14.8 Å². The van der Waals surface area contributed by atoms with Gasteiger partial charge in [0.05, 0.1) is 5.02 Å². The fourth-order valence-electron chi connectivity index (χ4n) is 2.41. The molecule has 0 spiro atoms. The van der Waals surface area contributed by atoms with Crippen LogP contribution in [0.15, 0.2) is 30.3 Å². The smallest absolute Gasteiger partial charge is 0.179 e. The molecule has 4 heteroatoms. The SMILES string of the molecule is Cc1cccc(NCc2cc(Cl)c3c(c2)OCCO3)c1C. The van der Waals surface area contributed by atoms with Gasteiger partial charge in [0.1, 0.15) is 13.2 Å². The first-order chi connectivity index (χ1) is 10.1. The fourth-order valence-corrected chi connectivity index (χ4v) is 2.69. The Hall–Kier alpha value is -1.87. The van der Waals surface area contributed by atoms with Crippen molar-refractivity contribution in [2.45, 2.75) is 20.4 Å². The van der Waals surface area contributed by atoms with Gasteiger partial charge in [-0.3, -0.25) is 0 Å². The Morgan fingerprint density at radius 2 is 1.95 bits per heavy atom. The van der Waals surface area contributed by atoms with Crippen LogP contribution in [0.1, 0.15) is 16.7 Å². The summed E-state index contributed by atoms with van der Waals surface area (Å²) >= 11 is 6.25. The van der Waals surface area contributed by atoms with Crippen molar-refractivity contribution in [2.75, 3.05) is 18.5 Å². The van der Waals surface area contributed by atoms with Crippen molar-refractivity contribution in [3.05, 3.63) is 52.0 Å². The molecule has 2 aromatic carbocycles. The second kappa shape index (κ2) is 5.86. The summed E-state index contributed by atoms with van der Waals surface area (Å²) in [6.45, 7) is 6.04. The number of rotatable bonds is 3. The molecule has 21 heavy (non-hydrogen) atoms. The van der Waals surface area contributed by atoms with Crippen molar-refractivity contribution in [2.24, 2.45) is 0 Å². The maximum Gasteiger partial charge on any atom is 0.179 e. The molecule has 2 aromatic rings. The average molecular weight is 304 g/mol. The van der Waals surface area contributed by atoms with Gasteiger partial charge >= 0.3 is 0 Å². The highest BCUT2D eigenvalue weighted by Gasteiger charge is 2.16. The molecule has 0 atom stereocenters. The van der Waals surface area contributed by atoms with E-state index in [9.17, 15) is 0 Å². The Morgan fingerprint density at radius 3 is 2.81 bits per heavy atom. The van der Waals surface area contributed by atoms with E-state index in [0.717, 1.165) is 17.0 Å². The lowest BCUT2D eigenvalue weighted by Crippen LogP contribution is -2.16. The number of anilines is 1. The molecular weight excluding hydrogens is 286 g/mol. The molecule has 0 aliphatic carbocycles. The molecule has 0 saturated carbocycles. The summed E-state index contributed by atoms with van der Waals surface area (Å²) in [4.78, 5) is 0. The first kappa shape index (κ1) is 14.1. The van der Waals surface area contributed by atoms with E-state index in [1.54, 1.807) is 0 Å². The molecule has 1 heterocycles. The van der Waals surface area contributed by atoms with Crippen LogP contribution in [0, 0.1) is 13.8 Å². The van der Waals surface area contributed by atoms with E-state index < -0.39 is 0 Å². The van der Waals surface area contributed by atoms with Crippen molar-refractivity contribution in [3.63, 3.8) is 0 Å². The minimum absolute atomic E-state index is 0.548. The molecule has 0 aromatic heterocycles. The first-order valence-electron chi connectivity index (χ1n) is 7.03. The second-order valence-corrected chi connectivity index (χ2v) is 5.61. The monoisotopic (exact) mass is 303 g/mol. The zero-order chi connectivity index (χ0) is 14.8. The Labute approximate surface area is 129 Å². The van der Waals surface area contributed by atoms with Gasteiger partial charge in [0, 0.05) is 12.2 Å². The van der Waals surface area contributed by atoms with Crippen LogP contribution >= 0.6 is 11.6 Å². The molecule has 0 saturated heterocycles. The van der Waals surface area contributed by atoms with Gasteiger partial charge in [0.2, 0.25) is 0 Å². The number of fused-ring (bicyclic) bond motifs is 1. The number of hydrogen-bond acceptors (Lipinski definition) is 3. The third-order valence-corrected chi connectivity index (χ3v) is 4.02. The summed E-state index contributed by atoms with van der Waals surface area (Å²) in [6.07, 6.45) is 0. The van der Waals surface area contributed by atoms with Crippen molar-refractivity contribution >= 4 is 17.3 Å². The van der Waals surface area contributed by atoms with Gasteiger partial charge in [-0.05, 0) is 48.7 Å². The number of hydrogen-bond donors (Lipinski definition) is 1. The topological polar surface area (TPSA) is 30.5 Å². The van der Waals surface area contributed by atoms with Gasteiger partial charge < -0.3 is 14.8 Å². The molecule has 3 rings (SSSR count). The molecule has 110 valence electrons. The highest BCUT2D eigenvalue weighted by molar-refractivity contribution is 6.32. The second-order valence-electron chi connectivity index (χ2n) is 5.20. The first-order valence-corrected chi connectivity index (χ1v) is 7.41. The standard InChI is InChI=1S/C17H18ClNO2/c1-11-4-3-5-15(12(11)2)19-10-13-8-14(18)17-16(9-13)20-6-7-21-17/h3-5,8-9,19H,6-7,10H2,1-2H3. The molecule has 1 aliphatic rings. The van der Waals surface area contributed by atoms with E-state index in [1.807, 2.05) is 12.1 Å². The summed E-state index contributed by atoms with van der Waals surface area (Å²) in [7, 11) is 0. The van der Waals surface area contributed by atoms with Crippen LogP contribution in [0.2, 0.25) is 5.02 Å².